The highest BCUT2D eigenvalue weighted by atomic mass is 32.2. The van der Waals surface area contributed by atoms with Crippen LogP contribution in [0.2, 0.25) is 0 Å². The SMILES string of the molecule is CSC[S@](=O)C[C@H](N)C(=O)O. The number of thioether (sulfide) groups is 1. The number of nitrogens with two attached hydrogens (primary N) is 1. The van der Waals surface area contributed by atoms with Gasteiger partial charge in [0.05, 0.1) is 10.8 Å². The van der Waals surface area contributed by atoms with Gasteiger partial charge in [0, 0.05) is 10.8 Å². The van der Waals surface area contributed by atoms with Gasteiger partial charge in [0.15, 0.2) is 0 Å². The van der Waals surface area contributed by atoms with Crippen LogP contribution in [-0.2, 0) is 15.6 Å². The number of aliphatic carboxylic acids is 1. The van der Waals surface area contributed by atoms with E-state index in [2.05, 4.69) is 0 Å². The van der Waals surface area contributed by atoms with Crippen LogP contribution in [0.25, 0.3) is 0 Å². The zero-order chi connectivity index (χ0) is 8.85. The number of rotatable bonds is 5. The smallest absolute Gasteiger partial charge is 0.321 e. The standard InChI is InChI=1S/C5H11NO3S2/c1-10-3-11(9)2-4(6)5(7)8/h4H,2-3,6H2,1H3,(H,7,8)/t4-,11+/m0/s1. The van der Waals surface area contributed by atoms with Crippen LogP contribution >= 0.6 is 11.8 Å². The summed E-state index contributed by atoms with van der Waals surface area (Å²) in [4.78, 5) is 10.2. The fraction of sp³-hybridized carbons (Fsp3) is 0.800. The highest BCUT2D eigenvalue weighted by Crippen LogP contribution is 1.97. The van der Waals surface area contributed by atoms with Crippen molar-refractivity contribution in [3.8, 4) is 0 Å². The molecule has 0 radical (unpaired) electrons. The Morgan fingerprint density at radius 1 is 1.82 bits per heavy atom. The summed E-state index contributed by atoms with van der Waals surface area (Å²) in [5, 5.41) is 8.78. The molecule has 4 nitrogen and oxygen atoms in total. The molecule has 0 unspecified atom stereocenters. The molecule has 6 heteroatoms. The third-order valence-corrected chi connectivity index (χ3v) is 3.66. The molecule has 0 amide bonds. The van der Waals surface area contributed by atoms with Crippen LogP contribution in [0, 0.1) is 0 Å². The Hall–Kier alpha value is -0.0700. The molecule has 0 saturated heterocycles. The maximum atomic E-state index is 10.9. The lowest BCUT2D eigenvalue weighted by Crippen LogP contribution is -2.35. The molecule has 0 bridgehead atoms. The Balaban J connectivity index is 3.66. The number of carbonyl (C=O) groups is 1. The van der Waals surface area contributed by atoms with Crippen molar-refractivity contribution in [1.29, 1.82) is 0 Å². The molecule has 3 N–H and O–H groups in total. The van der Waals surface area contributed by atoms with E-state index in [0.29, 0.717) is 5.08 Å². The minimum absolute atomic E-state index is 0.0379. The summed E-state index contributed by atoms with van der Waals surface area (Å²) in [6, 6.07) is -0.997. The molecule has 0 heterocycles. The molecule has 0 aliphatic carbocycles. The van der Waals surface area contributed by atoms with Gasteiger partial charge >= 0.3 is 5.97 Å². The lowest BCUT2D eigenvalue weighted by atomic mass is 10.4. The van der Waals surface area contributed by atoms with E-state index >= 15 is 0 Å². The minimum atomic E-state index is -1.11. The van der Waals surface area contributed by atoms with Crippen LogP contribution in [0.3, 0.4) is 0 Å². The first-order valence-corrected chi connectivity index (χ1v) is 5.78. The van der Waals surface area contributed by atoms with Crippen molar-refractivity contribution < 1.29 is 14.1 Å². The summed E-state index contributed by atoms with van der Waals surface area (Å²) in [5.41, 5.74) is 5.15. The summed E-state index contributed by atoms with van der Waals surface area (Å²) in [7, 11) is -1.11. The van der Waals surface area contributed by atoms with E-state index in [4.69, 9.17) is 10.8 Å². The number of carboxylic acid groups (broad SMARTS) is 1. The van der Waals surface area contributed by atoms with E-state index < -0.39 is 22.8 Å². The van der Waals surface area contributed by atoms with E-state index in [1.54, 1.807) is 0 Å². The van der Waals surface area contributed by atoms with Crippen molar-refractivity contribution in [2.75, 3.05) is 17.1 Å². The lowest BCUT2D eigenvalue weighted by molar-refractivity contribution is -0.137. The zero-order valence-corrected chi connectivity index (χ0v) is 7.78. The van der Waals surface area contributed by atoms with Gasteiger partial charge < -0.3 is 10.8 Å². The van der Waals surface area contributed by atoms with Gasteiger partial charge in [0.2, 0.25) is 0 Å². The molecule has 0 saturated carbocycles. The van der Waals surface area contributed by atoms with Crippen LogP contribution in [0.4, 0.5) is 0 Å². The first-order valence-electron chi connectivity index (χ1n) is 2.90. The molecule has 11 heavy (non-hydrogen) atoms. The molecule has 0 aliphatic rings. The summed E-state index contributed by atoms with van der Waals surface area (Å²) >= 11 is 1.41. The van der Waals surface area contributed by atoms with E-state index in [1.807, 2.05) is 6.26 Å². The molecular formula is C5H11NO3S2. The maximum Gasteiger partial charge on any atom is 0.321 e. The zero-order valence-electron chi connectivity index (χ0n) is 6.15. The first kappa shape index (κ1) is 10.9. The van der Waals surface area contributed by atoms with Gasteiger partial charge in [0.1, 0.15) is 6.04 Å². The van der Waals surface area contributed by atoms with E-state index in [-0.39, 0.29) is 5.75 Å². The second-order valence-electron chi connectivity index (χ2n) is 1.96. The molecule has 66 valence electrons. The topological polar surface area (TPSA) is 80.4 Å². The first-order chi connectivity index (χ1) is 5.07. The molecule has 0 fully saturated rings. The molecule has 0 aromatic rings. The van der Waals surface area contributed by atoms with Gasteiger partial charge in [-0.15, -0.1) is 0 Å². The third-order valence-electron chi connectivity index (χ3n) is 0.932. The fourth-order valence-electron chi connectivity index (χ4n) is 0.451. The Kier molecular flexibility index (Phi) is 5.53. The van der Waals surface area contributed by atoms with Gasteiger partial charge in [-0.05, 0) is 6.26 Å². The average Bonchev–Trinajstić information content (AvgIpc) is 1.87. The van der Waals surface area contributed by atoms with Crippen molar-refractivity contribution >= 4 is 28.5 Å². The highest BCUT2D eigenvalue weighted by molar-refractivity contribution is 8.09. The Morgan fingerprint density at radius 2 is 2.36 bits per heavy atom. The van der Waals surface area contributed by atoms with Crippen molar-refractivity contribution in [1.82, 2.24) is 0 Å². The largest absolute Gasteiger partial charge is 0.480 e. The predicted molar refractivity (Wildman–Crippen MR) is 47.0 cm³/mol. The van der Waals surface area contributed by atoms with Gasteiger partial charge in [0.25, 0.3) is 0 Å². The van der Waals surface area contributed by atoms with E-state index in [1.165, 1.54) is 11.8 Å². The van der Waals surface area contributed by atoms with Crippen LogP contribution in [-0.4, -0.2) is 38.4 Å². The number of hydrogen-bond donors (Lipinski definition) is 2. The van der Waals surface area contributed by atoms with Gasteiger partial charge in [-0.1, -0.05) is 0 Å². The van der Waals surface area contributed by atoms with Crippen LogP contribution < -0.4 is 5.73 Å². The van der Waals surface area contributed by atoms with Crippen LogP contribution in [0.1, 0.15) is 0 Å². The average molecular weight is 197 g/mol. The lowest BCUT2D eigenvalue weighted by Gasteiger charge is -2.03. The Bertz CT molecular complexity index is 162. The fourth-order valence-corrected chi connectivity index (χ4v) is 2.43. The predicted octanol–water partition coefficient (Wildman–Crippen LogP) is -0.533. The second-order valence-corrected chi connectivity index (χ2v) is 4.69. The number of hydrogen-bond acceptors (Lipinski definition) is 4. The summed E-state index contributed by atoms with van der Waals surface area (Å²) < 4.78 is 10.9. The van der Waals surface area contributed by atoms with Gasteiger partial charge in [-0.3, -0.25) is 9.00 Å². The van der Waals surface area contributed by atoms with Crippen molar-refractivity contribution in [3.63, 3.8) is 0 Å². The normalized spacial score (nSPS) is 15.8. The molecule has 2 atom stereocenters. The monoisotopic (exact) mass is 197 g/mol. The molecule has 0 aromatic heterocycles. The molecular weight excluding hydrogens is 186 g/mol. The minimum Gasteiger partial charge on any atom is -0.480 e. The van der Waals surface area contributed by atoms with Crippen LogP contribution in [0.15, 0.2) is 0 Å². The maximum absolute atomic E-state index is 10.9. The number of carboxylic acids is 1. The van der Waals surface area contributed by atoms with Gasteiger partial charge in [-0.2, -0.15) is 11.8 Å². The molecule has 0 spiro atoms. The Labute approximate surface area is 72.0 Å². The summed E-state index contributed by atoms with van der Waals surface area (Å²) in [5.74, 6) is -1.06. The van der Waals surface area contributed by atoms with Crippen LogP contribution in [0.5, 0.6) is 0 Å². The van der Waals surface area contributed by atoms with Crippen molar-refractivity contribution in [2.45, 2.75) is 6.04 Å². The second kappa shape index (κ2) is 5.56. The van der Waals surface area contributed by atoms with E-state index in [0.717, 1.165) is 0 Å². The van der Waals surface area contributed by atoms with E-state index in [9.17, 15) is 9.00 Å². The Morgan fingerprint density at radius 3 is 2.73 bits per heavy atom. The van der Waals surface area contributed by atoms with Crippen molar-refractivity contribution in [3.05, 3.63) is 0 Å². The van der Waals surface area contributed by atoms with Crippen molar-refractivity contribution in [2.24, 2.45) is 5.73 Å². The molecule has 0 aromatic carbocycles. The quantitative estimate of drug-likeness (QED) is 0.619. The molecule has 0 aliphatic heterocycles. The highest BCUT2D eigenvalue weighted by Gasteiger charge is 2.14. The van der Waals surface area contributed by atoms with Gasteiger partial charge in [-0.25, -0.2) is 0 Å². The summed E-state index contributed by atoms with van der Waals surface area (Å²) in [6.07, 6.45) is 1.81. The molecule has 0 rings (SSSR count). The third kappa shape index (κ3) is 5.23. The summed E-state index contributed by atoms with van der Waals surface area (Å²) in [6.45, 7) is 0.